The van der Waals surface area contributed by atoms with Crippen LogP contribution in [0.15, 0.2) is 88.5 Å². The van der Waals surface area contributed by atoms with Crippen molar-refractivity contribution in [3.8, 4) is 17.1 Å². The Kier molecular flexibility index (Phi) is 7.66. The highest BCUT2D eigenvalue weighted by Crippen LogP contribution is 2.35. The van der Waals surface area contributed by atoms with Gasteiger partial charge < -0.3 is 24.7 Å². The van der Waals surface area contributed by atoms with Crippen molar-refractivity contribution < 1.29 is 27.1 Å². The zero-order valence-electron chi connectivity index (χ0n) is 24.1. The summed E-state index contributed by atoms with van der Waals surface area (Å²) in [6, 6.07) is 19.3. The molecule has 0 saturated carbocycles. The first-order valence-electron chi connectivity index (χ1n) is 14.4. The standard InChI is InChI=1S/C31H26F3N9O3/c32-31(33,34)24-11-10-20(17-35-24)43-29(42-12-14-45-15-13-42)22(18-36-43)28-40-41-30(46-28)39-25-16-26(44)37-23-9-5-4-8-21(23)27(38-25)19-6-2-1-3-7-19/h1-11,17-18,25H,12-16H2,(H,37,44)(H,39,41)/b38-27-/t25-/m1/s1. The van der Waals surface area contributed by atoms with E-state index in [1.165, 1.54) is 16.9 Å². The second-order valence-corrected chi connectivity index (χ2v) is 10.5. The Morgan fingerprint density at radius 1 is 0.913 bits per heavy atom. The second kappa shape index (κ2) is 12.1. The molecule has 0 aliphatic carbocycles. The second-order valence-electron chi connectivity index (χ2n) is 10.5. The summed E-state index contributed by atoms with van der Waals surface area (Å²) in [5.41, 5.74) is 2.74. The Bertz CT molecular complexity index is 1880. The molecule has 234 valence electrons. The van der Waals surface area contributed by atoms with Crippen LogP contribution in [-0.2, 0) is 15.7 Å². The number of benzene rings is 2. The molecule has 12 nitrogen and oxygen atoms in total. The minimum Gasteiger partial charge on any atom is -0.403 e. The van der Waals surface area contributed by atoms with Gasteiger partial charge in [-0.3, -0.25) is 9.79 Å². The molecule has 2 N–H and O–H groups in total. The number of rotatable bonds is 6. The number of nitrogens with one attached hydrogen (secondary N) is 2. The Balaban J connectivity index is 1.22. The molecule has 2 aliphatic heterocycles. The van der Waals surface area contributed by atoms with E-state index in [2.05, 4.69) is 30.9 Å². The number of carbonyl (C=O) groups excluding carboxylic acids is 1. The molecule has 0 spiro atoms. The van der Waals surface area contributed by atoms with Crippen LogP contribution in [0.5, 0.6) is 0 Å². The highest BCUT2D eigenvalue weighted by molar-refractivity contribution is 6.17. The molecule has 0 radical (unpaired) electrons. The number of pyridine rings is 1. The lowest BCUT2D eigenvalue weighted by Crippen LogP contribution is -2.37. The first kappa shape index (κ1) is 29.2. The van der Waals surface area contributed by atoms with Crippen LogP contribution in [0.4, 0.5) is 30.7 Å². The number of ether oxygens (including phenoxy) is 1. The predicted molar refractivity (Wildman–Crippen MR) is 162 cm³/mol. The van der Waals surface area contributed by atoms with Gasteiger partial charge in [0.1, 0.15) is 23.2 Å². The summed E-state index contributed by atoms with van der Waals surface area (Å²) in [6.45, 7) is 1.89. The SMILES string of the molecule is O=C1C[C@@H](Nc2nnc(-c3cnn(-c4ccc(C(F)(F)F)nc4)c3N3CCOCC3)o2)/N=C(/c2ccccc2)c2ccccc2N1. The number of anilines is 3. The molecule has 46 heavy (non-hydrogen) atoms. The number of hydrogen-bond donors (Lipinski definition) is 2. The van der Waals surface area contributed by atoms with Gasteiger partial charge in [-0.25, -0.2) is 9.67 Å². The van der Waals surface area contributed by atoms with Gasteiger partial charge in [-0.2, -0.15) is 18.3 Å². The number of amides is 1. The van der Waals surface area contributed by atoms with Gasteiger partial charge in [-0.1, -0.05) is 53.6 Å². The van der Waals surface area contributed by atoms with Gasteiger partial charge in [-0.05, 0) is 18.2 Å². The minimum absolute atomic E-state index is 0.0136. The largest absolute Gasteiger partial charge is 0.433 e. The molecule has 15 heteroatoms. The average molecular weight is 630 g/mol. The van der Waals surface area contributed by atoms with E-state index in [1.807, 2.05) is 59.5 Å². The molecule has 2 aromatic carbocycles. The number of morpholine rings is 1. The van der Waals surface area contributed by atoms with E-state index >= 15 is 0 Å². The van der Waals surface area contributed by atoms with E-state index in [4.69, 9.17) is 14.1 Å². The van der Waals surface area contributed by atoms with Crippen molar-refractivity contribution in [3.05, 3.63) is 95.9 Å². The van der Waals surface area contributed by atoms with E-state index in [-0.39, 0.29) is 24.2 Å². The first-order chi connectivity index (χ1) is 22.3. The van der Waals surface area contributed by atoms with Gasteiger partial charge in [0.15, 0.2) is 0 Å². The fourth-order valence-electron chi connectivity index (χ4n) is 5.33. The van der Waals surface area contributed by atoms with Gasteiger partial charge in [0.2, 0.25) is 5.91 Å². The number of fused-ring (bicyclic) bond motifs is 1. The smallest absolute Gasteiger partial charge is 0.403 e. The minimum atomic E-state index is -4.57. The maximum Gasteiger partial charge on any atom is 0.433 e. The molecule has 2 aliphatic rings. The van der Waals surface area contributed by atoms with Crippen molar-refractivity contribution in [1.82, 2.24) is 25.0 Å². The number of carbonyl (C=O) groups is 1. The lowest BCUT2D eigenvalue weighted by Gasteiger charge is -2.29. The maximum absolute atomic E-state index is 13.2. The van der Waals surface area contributed by atoms with Gasteiger partial charge >= 0.3 is 12.2 Å². The number of aromatic nitrogens is 5. The van der Waals surface area contributed by atoms with Crippen LogP contribution in [0.1, 0.15) is 23.2 Å². The third-order valence-electron chi connectivity index (χ3n) is 7.45. The van der Waals surface area contributed by atoms with E-state index in [1.54, 1.807) is 0 Å². The summed E-state index contributed by atoms with van der Waals surface area (Å²) >= 11 is 0. The lowest BCUT2D eigenvalue weighted by molar-refractivity contribution is -0.141. The van der Waals surface area contributed by atoms with E-state index in [0.717, 1.165) is 23.4 Å². The summed E-state index contributed by atoms with van der Waals surface area (Å²) in [7, 11) is 0. The van der Waals surface area contributed by atoms with Crippen molar-refractivity contribution >= 4 is 29.1 Å². The first-order valence-corrected chi connectivity index (χ1v) is 14.4. The molecule has 1 amide bonds. The molecular formula is C31H26F3N9O3. The Hall–Kier alpha value is -5.57. The summed E-state index contributed by atoms with van der Waals surface area (Å²) in [5.74, 6) is 0.399. The highest BCUT2D eigenvalue weighted by Gasteiger charge is 2.33. The maximum atomic E-state index is 13.2. The fraction of sp³-hybridized carbons (Fsp3) is 0.226. The summed E-state index contributed by atoms with van der Waals surface area (Å²) in [6.07, 6.45) is -2.71. The summed E-state index contributed by atoms with van der Waals surface area (Å²) < 4.78 is 52.5. The van der Waals surface area contributed by atoms with Crippen molar-refractivity contribution in [2.45, 2.75) is 18.8 Å². The molecule has 5 heterocycles. The molecule has 0 bridgehead atoms. The van der Waals surface area contributed by atoms with Gasteiger partial charge in [0, 0.05) is 24.2 Å². The average Bonchev–Trinajstić information content (AvgIpc) is 3.71. The van der Waals surface area contributed by atoms with Crippen LogP contribution in [0.2, 0.25) is 0 Å². The number of halogens is 3. The molecular weight excluding hydrogens is 603 g/mol. The van der Waals surface area contributed by atoms with Crippen molar-refractivity contribution in [1.29, 1.82) is 0 Å². The third-order valence-corrected chi connectivity index (χ3v) is 7.45. The highest BCUT2D eigenvalue weighted by atomic mass is 19.4. The number of nitrogens with zero attached hydrogens (tertiary/aromatic N) is 7. The van der Waals surface area contributed by atoms with Crippen LogP contribution >= 0.6 is 0 Å². The number of aliphatic imine (C=N–C) groups is 1. The third kappa shape index (κ3) is 5.91. The summed E-state index contributed by atoms with van der Waals surface area (Å²) in [5, 5.41) is 18.9. The Morgan fingerprint density at radius 2 is 1.70 bits per heavy atom. The summed E-state index contributed by atoms with van der Waals surface area (Å²) in [4.78, 5) is 23.4. The molecule has 1 atom stereocenters. The van der Waals surface area contributed by atoms with Crippen LogP contribution < -0.4 is 15.5 Å². The zero-order chi connectivity index (χ0) is 31.7. The van der Waals surface area contributed by atoms with Crippen molar-refractivity contribution in [2.24, 2.45) is 4.99 Å². The van der Waals surface area contributed by atoms with Crippen molar-refractivity contribution in [3.63, 3.8) is 0 Å². The van der Waals surface area contributed by atoms with Crippen LogP contribution in [0.25, 0.3) is 17.1 Å². The van der Waals surface area contributed by atoms with Crippen LogP contribution in [-0.4, -0.2) is 69.0 Å². The van der Waals surface area contributed by atoms with Gasteiger partial charge in [-0.15, -0.1) is 5.10 Å². The van der Waals surface area contributed by atoms with Crippen LogP contribution in [0, 0.1) is 0 Å². The number of alkyl halides is 3. The molecule has 5 aromatic rings. The number of para-hydroxylation sites is 1. The van der Waals surface area contributed by atoms with E-state index in [0.29, 0.717) is 54.8 Å². The Labute approximate surface area is 259 Å². The quantitative estimate of drug-likeness (QED) is 0.272. The van der Waals surface area contributed by atoms with Gasteiger partial charge in [0.05, 0.1) is 49.1 Å². The normalized spacial score (nSPS) is 18.2. The fourth-order valence-corrected chi connectivity index (χ4v) is 5.33. The van der Waals surface area contributed by atoms with Crippen molar-refractivity contribution in [2.75, 3.05) is 41.8 Å². The molecule has 1 saturated heterocycles. The van der Waals surface area contributed by atoms with E-state index in [9.17, 15) is 18.0 Å². The van der Waals surface area contributed by atoms with E-state index < -0.39 is 18.0 Å². The molecule has 7 rings (SSSR count). The topological polar surface area (TPSA) is 136 Å². The number of hydrogen-bond acceptors (Lipinski definition) is 10. The predicted octanol–water partition coefficient (Wildman–Crippen LogP) is 4.79. The molecule has 0 unspecified atom stereocenters. The monoisotopic (exact) mass is 629 g/mol. The lowest BCUT2D eigenvalue weighted by atomic mass is 9.99. The molecule has 1 fully saturated rings. The Morgan fingerprint density at radius 3 is 2.46 bits per heavy atom. The van der Waals surface area contributed by atoms with Gasteiger partial charge in [0.25, 0.3) is 5.89 Å². The molecule has 3 aromatic heterocycles. The zero-order valence-corrected chi connectivity index (χ0v) is 24.1. The van der Waals surface area contributed by atoms with Crippen LogP contribution in [0.3, 0.4) is 0 Å².